The van der Waals surface area contributed by atoms with Crippen molar-refractivity contribution >= 4 is 11.9 Å². The molecule has 0 saturated carbocycles. The molecule has 0 fully saturated rings. The fourth-order valence-corrected chi connectivity index (χ4v) is 1.70. The number of ether oxygens (including phenoxy) is 2. The zero-order valence-corrected chi connectivity index (χ0v) is 14.1. The summed E-state index contributed by atoms with van der Waals surface area (Å²) in [6.45, 7) is 6.69. The van der Waals surface area contributed by atoms with Crippen molar-refractivity contribution in [3.8, 4) is 0 Å². The van der Waals surface area contributed by atoms with Crippen LogP contribution in [0.1, 0.15) is 35.7 Å². The van der Waals surface area contributed by atoms with E-state index in [0.717, 1.165) is 0 Å². The Hall–Kier alpha value is -2.02. The average Bonchev–Trinajstić information content (AvgIpc) is 2.87. The number of nitrogens with one attached hydrogen (secondary N) is 2. The number of rotatable bonds is 6. The number of hydrogen-bond acceptors (Lipinski definition) is 5. The molecule has 7 nitrogen and oxygen atoms in total. The summed E-state index contributed by atoms with van der Waals surface area (Å²) in [6.07, 6.45) is 0. The van der Waals surface area contributed by atoms with Gasteiger partial charge in [-0.2, -0.15) is 0 Å². The molecule has 7 heteroatoms. The highest BCUT2D eigenvalue weighted by molar-refractivity contribution is 5.90. The number of esters is 1. The summed E-state index contributed by atoms with van der Waals surface area (Å²) in [5, 5.41) is 6.28. The van der Waals surface area contributed by atoms with Gasteiger partial charge in [-0.3, -0.25) is 4.99 Å². The van der Waals surface area contributed by atoms with Gasteiger partial charge in [-0.05, 0) is 26.8 Å². The minimum Gasteiger partial charge on any atom is -0.465 e. The van der Waals surface area contributed by atoms with Crippen LogP contribution >= 0.6 is 0 Å². The van der Waals surface area contributed by atoms with Crippen LogP contribution in [-0.4, -0.2) is 45.3 Å². The second-order valence-electron chi connectivity index (χ2n) is 5.42. The Morgan fingerprint density at radius 3 is 2.59 bits per heavy atom. The van der Waals surface area contributed by atoms with Crippen molar-refractivity contribution in [1.82, 2.24) is 10.6 Å². The highest BCUT2D eigenvalue weighted by atomic mass is 16.5. The summed E-state index contributed by atoms with van der Waals surface area (Å²) in [5.74, 6) is 1.38. The Morgan fingerprint density at radius 1 is 1.36 bits per heavy atom. The van der Waals surface area contributed by atoms with E-state index in [2.05, 4.69) is 15.6 Å². The number of aliphatic imine (C=N–C) groups is 1. The maximum Gasteiger partial charge on any atom is 0.341 e. The zero-order valence-electron chi connectivity index (χ0n) is 14.1. The van der Waals surface area contributed by atoms with E-state index in [1.54, 1.807) is 27.1 Å². The SMILES string of the molecule is CN=C(NCc1cc(C(=O)OC)c(C)o1)NCC(C)(C)OC. The van der Waals surface area contributed by atoms with E-state index >= 15 is 0 Å². The number of guanidine groups is 1. The molecule has 0 atom stereocenters. The van der Waals surface area contributed by atoms with Crippen LogP contribution in [0.5, 0.6) is 0 Å². The van der Waals surface area contributed by atoms with E-state index in [4.69, 9.17) is 13.9 Å². The van der Waals surface area contributed by atoms with Crippen molar-refractivity contribution < 1.29 is 18.7 Å². The smallest absolute Gasteiger partial charge is 0.341 e. The molecule has 124 valence electrons. The molecule has 22 heavy (non-hydrogen) atoms. The molecule has 0 bridgehead atoms. The van der Waals surface area contributed by atoms with Gasteiger partial charge >= 0.3 is 5.97 Å². The van der Waals surface area contributed by atoms with Gasteiger partial charge in [-0.25, -0.2) is 4.79 Å². The summed E-state index contributed by atoms with van der Waals surface area (Å²) in [6, 6.07) is 1.67. The lowest BCUT2D eigenvalue weighted by Crippen LogP contribution is -2.45. The van der Waals surface area contributed by atoms with Crippen LogP contribution in [0.25, 0.3) is 0 Å². The van der Waals surface area contributed by atoms with Gasteiger partial charge in [0.15, 0.2) is 5.96 Å². The van der Waals surface area contributed by atoms with Gasteiger partial charge in [0.05, 0.1) is 19.3 Å². The van der Waals surface area contributed by atoms with Crippen LogP contribution in [0, 0.1) is 6.92 Å². The van der Waals surface area contributed by atoms with E-state index in [0.29, 0.717) is 36.1 Å². The van der Waals surface area contributed by atoms with E-state index in [9.17, 15) is 4.79 Å². The molecule has 1 aromatic rings. The lowest BCUT2D eigenvalue weighted by atomic mass is 10.1. The van der Waals surface area contributed by atoms with Gasteiger partial charge in [-0.1, -0.05) is 0 Å². The molecular formula is C15H25N3O4. The standard InChI is InChI=1S/C15H25N3O4/c1-10-12(13(19)20-5)7-11(22-10)8-17-14(16-4)18-9-15(2,3)21-6/h7H,8-9H2,1-6H3,(H2,16,17,18). The molecule has 0 aliphatic carbocycles. The van der Waals surface area contributed by atoms with Gasteiger partial charge < -0.3 is 24.5 Å². The lowest BCUT2D eigenvalue weighted by molar-refractivity contribution is 0.0268. The number of methoxy groups -OCH3 is 2. The first-order chi connectivity index (χ1) is 10.3. The van der Waals surface area contributed by atoms with E-state index < -0.39 is 5.97 Å². The summed E-state index contributed by atoms with van der Waals surface area (Å²) >= 11 is 0. The predicted molar refractivity (Wildman–Crippen MR) is 84.1 cm³/mol. The minimum atomic E-state index is -0.406. The summed E-state index contributed by atoms with van der Waals surface area (Å²) in [4.78, 5) is 15.7. The molecule has 1 rings (SSSR count). The molecular weight excluding hydrogens is 286 g/mol. The largest absolute Gasteiger partial charge is 0.465 e. The normalized spacial score (nSPS) is 12.2. The number of carbonyl (C=O) groups is 1. The van der Waals surface area contributed by atoms with Crippen molar-refractivity contribution in [2.45, 2.75) is 32.9 Å². The fraction of sp³-hybridized carbons (Fsp3) is 0.600. The Bertz CT molecular complexity index is 535. The highest BCUT2D eigenvalue weighted by Gasteiger charge is 2.17. The van der Waals surface area contributed by atoms with E-state index in [1.807, 2.05) is 13.8 Å². The molecule has 1 aromatic heterocycles. The number of aryl methyl sites for hydroxylation is 1. The molecule has 0 radical (unpaired) electrons. The lowest BCUT2D eigenvalue weighted by Gasteiger charge is -2.24. The molecule has 0 unspecified atom stereocenters. The second-order valence-corrected chi connectivity index (χ2v) is 5.42. The summed E-state index contributed by atoms with van der Waals surface area (Å²) < 4.78 is 15.6. The summed E-state index contributed by atoms with van der Waals surface area (Å²) in [7, 11) is 4.69. The maximum absolute atomic E-state index is 11.5. The third-order valence-corrected chi connectivity index (χ3v) is 3.26. The van der Waals surface area contributed by atoms with Gasteiger partial charge in [-0.15, -0.1) is 0 Å². The van der Waals surface area contributed by atoms with Crippen molar-refractivity contribution in [2.75, 3.05) is 27.8 Å². The van der Waals surface area contributed by atoms with Crippen LogP contribution in [0.2, 0.25) is 0 Å². The molecule has 0 amide bonds. The first kappa shape index (κ1) is 18.0. The van der Waals surface area contributed by atoms with Crippen LogP contribution in [0.15, 0.2) is 15.5 Å². The molecule has 0 spiro atoms. The molecule has 0 aromatic carbocycles. The first-order valence-corrected chi connectivity index (χ1v) is 7.00. The first-order valence-electron chi connectivity index (χ1n) is 7.00. The van der Waals surface area contributed by atoms with Gasteiger partial charge in [0, 0.05) is 20.7 Å². The van der Waals surface area contributed by atoms with Crippen molar-refractivity contribution in [3.05, 3.63) is 23.2 Å². The average molecular weight is 311 g/mol. The number of furan rings is 1. The number of carbonyl (C=O) groups excluding carboxylic acids is 1. The van der Waals surface area contributed by atoms with E-state index in [1.165, 1.54) is 7.11 Å². The maximum atomic E-state index is 11.5. The Labute approximate surface area is 131 Å². The Kier molecular flexibility index (Phi) is 6.42. The third-order valence-electron chi connectivity index (χ3n) is 3.26. The zero-order chi connectivity index (χ0) is 16.8. The molecule has 0 aliphatic heterocycles. The minimum absolute atomic E-state index is 0.295. The second kappa shape index (κ2) is 7.84. The Balaban J connectivity index is 2.59. The quantitative estimate of drug-likeness (QED) is 0.470. The van der Waals surface area contributed by atoms with Gasteiger partial charge in [0.2, 0.25) is 0 Å². The molecule has 2 N–H and O–H groups in total. The Morgan fingerprint density at radius 2 is 2.05 bits per heavy atom. The van der Waals surface area contributed by atoms with Crippen LogP contribution in [0.4, 0.5) is 0 Å². The molecule has 0 aliphatic rings. The van der Waals surface area contributed by atoms with Gasteiger partial charge in [0.1, 0.15) is 17.1 Å². The van der Waals surface area contributed by atoms with Crippen LogP contribution in [0.3, 0.4) is 0 Å². The highest BCUT2D eigenvalue weighted by Crippen LogP contribution is 2.15. The number of nitrogens with zero attached hydrogens (tertiary/aromatic N) is 1. The molecule has 0 saturated heterocycles. The predicted octanol–water partition coefficient (Wildman–Crippen LogP) is 1.46. The number of hydrogen-bond donors (Lipinski definition) is 2. The van der Waals surface area contributed by atoms with Crippen molar-refractivity contribution in [1.29, 1.82) is 0 Å². The topological polar surface area (TPSA) is 85.1 Å². The van der Waals surface area contributed by atoms with Crippen LogP contribution < -0.4 is 10.6 Å². The fourth-order valence-electron chi connectivity index (χ4n) is 1.70. The summed E-state index contributed by atoms with van der Waals surface area (Å²) in [5.41, 5.74) is 0.138. The van der Waals surface area contributed by atoms with Crippen molar-refractivity contribution in [2.24, 2.45) is 4.99 Å². The van der Waals surface area contributed by atoms with E-state index in [-0.39, 0.29) is 5.60 Å². The van der Waals surface area contributed by atoms with Crippen molar-refractivity contribution in [3.63, 3.8) is 0 Å². The molecule has 1 heterocycles. The van der Waals surface area contributed by atoms with Gasteiger partial charge in [0.25, 0.3) is 0 Å². The van der Waals surface area contributed by atoms with Crippen LogP contribution in [-0.2, 0) is 16.0 Å². The third kappa shape index (κ3) is 5.07. The monoisotopic (exact) mass is 311 g/mol.